The molecule has 0 unspecified atom stereocenters. The molecule has 2 aromatic heterocycles. The Labute approximate surface area is 119 Å². The number of fused-ring (bicyclic) bond motifs is 1. The van der Waals surface area contributed by atoms with Gasteiger partial charge in [-0.25, -0.2) is 4.98 Å². The molecule has 0 bridgehead atoms. The summed E-state index contributed by atoms with van der Waals surface area (Å²) in [5.74, 6) is 0.767. The van der Waals surface area contributed by atoms with Gasteiger partial charge in [0.05, 0.1) is 10.4 Å². The predicted molar refractivity (Wildman–Crippen MR) is 77.7 cm³/mol. The lowest BCUT2D eigenvalue weighted by atomic mass is 10.2. The van der Waals surface area contributed by atoms with E-state index in [1.165, 1.54) is 6.07 Å². The van der Waals surface area contributed by atoms with Crippen molar-refractivity contribution < 1.29 is 4.92 Å². The molecule has 0 spiro atoms. The van der Waals surface area contributed by atoms with Crippen LogP contribution in [-0.2, 0) is 12.8 Å². The number of non-ortho nitro benzene ring substituents is 1. The van der Waals surface area contributed by atoms with Crippen LogP contribution in [0.4, 0.5) is 5.69 Å². The van der Waals surface area contributed by atoms with Crippen molar-refractivity contribution in [1.29, 1.82) is 0 Å². The first-order valence-electron chi connectivity index (χ1n) is 5.99. The molecule has 0 aliphatic rings. The summed E-state index contributed by atoms with van der Waals surface area (Å²) in [6.45, 7) is 0. The van der Waals surface area contributed by atoms with Crippen molar-refractivity contribution in [2.75, 3.05) is 0 Å². The number of nitro groups is 1. The molecule has 3 rings (SSSR count). The number of H-pyrrole nitrogens is 1. The highest BCUT2D eigenvalue weighted by atomic mass is 32.2. The standard InChI is InChI=1S/C13H12N4O2S/c1-16-5-4-14-13(16)20-8-9-7-15-12-6-10(17(18)19)2-3-11(9)12/h2-7,15H,8H2,1H3. The second-order valence-electron chi connectivity index (χ2n) is 4.41. The number of nitrogens with one attached hydrogen (secondary N) is 1. The lowest BCUT2D eigenvalue weighted by molar-refractivity contribution is -0.384. The van der Waals surface area contributed by atoms with E-state index >= 15 is 0 Å². The molecule has 2 heterocycles. The number of nitro benzene ring substituents is 1. The molecule has 6 nitrogen and oxygen atoms in total. The number of aromatic amines is 1. The predicted octanol–water partition coefficient (Wildman–Crippen LogP) is 3.10. The van der Waals surface area contributed by atoms with Crippen LogP contribution < -0.4 is 0 Å². The maximum absolute atomic E-state index is 10.7. The van der Waals surface area contributed by atoms with Crippen LogP contribution in [0.5, 0.6) is 0 Å². The minimum Gasteiger partial charge on any atom is -0.361 e. The zero-order valence-corrected chi connectivity index (χ0v) is 11.6. The number of aryl methyl sites for hydroxylation is 1. The van der Waals surface area contributed by atoms with Gasteiger partial charge in [0.2, 0.25) is 0 Å². The summed E-state index contributed by atoms with van der Waals surface area (Å²) in [5.41, 5.74) is 2.00. The van der Waals surface area contributed by atoms with Crippen LogP contribution in [0.15, 0.2) is 41.9 Å². The summed E-state index contributed by atoms with van der Waals surface area (Å²) in [6.07, 6.45) is 5.56. The minimum absolute atomic E-state index is 0.0997. The van der Waals surface area contributed by atoms with E-state index in [-0.39, 0.29) is 10.6 Å². The molecule has 0 aliphatic carbocycles. The van der Waals surface area contributed by atoms with Gasteiger partial charge in [0.25, 0.3) is 5.69 Å². The van der Waals surface area contributed by atoms with E-state index < -0.39 is 0 Å². The van der Waals surface area contributed by atoms with Gasteiger partial charge in [0.15, 0.2) is 5.16 Å². The number of nitrogens with zero attached hydrogens (tertiary/aromatic N) is 3. The summed E-state index contributed by atoms with van der Waals surface area (Å²) in [5, 5.41) is 12.7. The van der Waals surface area contributed by atoms with Crippen LogP contribution >= 0.6 is 11.8 Å². The zero-order chi connectivity index (χ0) is 14.1. The maximum Gasteiger partial charge on any atom is 0.271 e. The van der Waals surface area contributed by atoms with Gasteiger partial charge < -0.3 is 9.55 Å². The van der Waals surface area contributed by atoms with E-state index in [2.05, 4.69) is 9.97 Å². The van der Waals surface area contributed by atoms with Crippen LogP contribution in [0.25, 0.3) is 10.9 Å². The minimum atomic E-state index is -0.386. The van der Waals surface area contributed by atoms with E-state index in [9.17, 15) is 10.1 Å². The molecule has 0 aliphatic heterocycles. The van der Waals surface area contributed by atoms with Crippen LogP contribution in [0, 0.1) is 10.1 Å². The summed E-state index contributed by atoms with van der Waals surface area (Å²) in [4.78, 5) is 17.7. The zero-order valence-electron chi connectivity index (χ0n) is 10.7. The van der Waals surface area contributed by atoms with E-state index in [0.717, 1.165) is 27.4 Å². The van der Waals surface area contributed by atoms with Crippen LogP contribution in [0.2, 0.25) is 0 Å². The fourth-order valence-electron chi connectivity index (χ4n) is 2.04. The Bertz CT molecular complexity index is 778. The van der Waals surface area contributed by atoms with Gasteiger partial charge >= 0.3 is 0 Å². The van der Waals surface area contributed by atoms with Gasteiger partial charge in [-0.2, -0.15) is 0 Å². The quantitative estimate of drug-likeness (QED) is 0.454. The lowest BCUT2D eigenvalue weighted by Crippen LogP contribution is -1.89. The van der Waals surface area contributed by atoms with Crippen LogP contribution in [0.1, 0.15) is 5.56 Å². The smallest absolute Gasteiger partial charge is 0.271 e. The normalized spacial score (nSPS) is 11.1. The molecule has 1 aromatic carbocycles. The fourth-order valence-corrected chi connectivity index (χ4v) is 2.96. The first-order valence-corrected chi connectivity index (χ1v) is 6.98. The molecule has 0 fully saturated rings. The molecular weight excluding hydrogens is 276 g/mol. The van der Waals surface area contributed by atoms with Crippen LogP contribution in [-0.4, -0.2) is 19.5 Å². The van der Waals surface area contributed by atoms with Crippen molar-refractivity contribution in [1.82, 2.24) is 14.5 Å². The van der Waals surface area contributed by atoms with Crippen molar-refractivity contribution in [3.8, 4) is 0 Å². The Kier molecular flexibility index (Phi) is 3.19. The lowest BCUT2D eigenvalue weighted by Gasteiger charge is -2.00. The maximum atomic E-state index is 10.7. The summed E-state index contributed by atoms with van der Waals surface area (Å²) < 4.78 is 1.96. The number of imidazole rings is 1. The first kappa shape index (κ1) is 12.7. The topological polar surface area (TPSA) is 76.8 Å². The van der Waals surface area contributed by atoms with Gasteiger partial charge in [-0.15, -0.1) is 0 Å². The van der Waals surface area contributed by atoms with E-state index in [1.54, 1.807) is 30.1 Å². The van der Waals surface area contributed by atoms with Gasteiger partial charge in [0.1, 0.15) is 0 Å². The highest BCUT2D eigenvalue weighted by molar-refractivity contribution is 7.98. The third kappa shape index (κ3) is 2.27. The van der Waals surface area contributed by atoms with E-state index in [0.29, 0.717) is 0 Å². The van der Waals surface area contributed by atoms with Crippen molar-refractivity contribution >= 4 is 28.4 Å². The second kappa shape index (κ2) is 5.01. The molecule has 0 saturated heterocycles. The molecule has 0 amide bonds. The first-order chi connectivity index (χ1) is 9.65. The molecule has 1 N–H and O–H groups in total. The molecule has 0 atom stereocenters. The average molecular weight is 288 g/mol. The van der Waals surface area contributed by atoms with Crippen molar-refractivity contribution in [3.05, 3.63) is 52.5 Å². The number of aromatic nitrogens is 3. The van der Waals surface area contributed by atoms with Crippen molar-refractivity contribution in [2.45, 2.75) is 10.9 Å². The van der Waals surface area contributed by atoms with Crippen molar-refractivity contribution in [2.24, 2.45) is 7.05 Å². The monoisotopic (exact) mass is 288 g/mol. The SMILES string of the molecule is Cn1ccnc1SCc1c[nH]c2cc([N+](=O)[O-])ccc12. The Hall–Kier alpha value is -2.28. The summed E-state index contributed by atoms with van der Waals surface area (Å²) in [7, 11) is 1.95. The molecule has 102 valence electrons. The molecule has 20 heavy (non-hydrogen) atoms. The van der Waals surface area contributed by atoms with Gasteiger partial charge in [-0.3, -0.25) is 10.1 Å². The highest BCUT2D eigenvalue weighted by Gasteiger charge is 2.10. The molecule has 3 aromatic rings. The third-order valence-corrected chi connectivity index (χ3v) is 4.20. The summed E-state index contributed by atoms with van der Waals surface area (Å²) in [6, 6.07) is 4.88. The molecule has 0 saturated carbocycles. The van der Waals surface area contributed by atoms with E-state index in [1.807, 2.05) is 24.0 Å². The number of thioether (sulfide) groups is 1. The van der Waals surface area contributed by atoms with Gasteiger partial charge in [-0.1, -0.05) is 11.8 Å². The van der Waals surface area contributed by atoms with Gasteiger partial charge in [0, 0.05) is 48.9 Å². The fraction of sp³-hybridized carbons (Fsp3) is 0.154. The highest BCUT2D eigenvalue weighted by Crippen LogP contribution is 2.28. The van der Waals surface area contributed by atoms with Crippen LogP contribution in [0.3, 0.4) is 0 Å². The number of hydrogen-bond donors (Lipinski definition) is 1. The Balaban J connectivity index is 1.85. The van der Waals surface area contributed by atoms with E-state index in [4.69, 9.17) is 0 Å². The number of rotatable bonds is 4. The van der Waals surface area contributed by atoms with Gasteiger partial charge in [-0.05, 0) is 11.6 Å². The number of benzene rings is 1. The molecular formula is C13H12N4O2S. The largest absolute Gasteiger partial charge is 0.361 e. The Morgan fingerprint density at radius 3 is 3.05 bits per heavy atom. The Morgan fingerprint density at radius 1 is 1.50 bits per heavy atom. The second-order valence-corrected chi connectivity index (χ2v) is 5.35. The number of hydrogen-bond acceptors (Lipinski definition) is 4. The third-order valence-electron chi connectivity index (χ3n) is 3.10. The average Bonchev–Trinajstić information content (AvgIpc) is 3.02. The Morgan fingerprint density at radius 2 is 2.35 bits per heavy atom. The molecule has 0 radical (unpaired) electrons. The summed E-state index contributed by atoms with van der Waals surface area (Å²) >= 11 is 1.63. The molecule has 7 heteroatoms. The van der Waals surface area contributed by atoms with Crippen molar-refractivity contribution in [3.63, 3.8) is 0 Å².